The first-order chi connectivity index (χ1) is 8.74. The number of hydrogen-bond donors (Lipinski definition) is 1. The third-order valence-corrected chi connectivity index (χ3v) is 3.81. The standard InChI is InChI=1S/C16H18N2/c1-12(13-5-3-2-4-6-13)18-10-14-7-8-16(17)9-15(14)11-18/h2-9,12H,10-11,17H2,1H3. The normalized spacial score (nSPS) is 16.5. The van der Waals surface area contributed by atoms with E-state index in [9.17, 15) is 0 Å². The highest BCUT2D eigenvalue weighted by Gasteiger charge is 2.23. The highest BCUT2D eigenvalue weighted by atomic mass is 15.2. The van der Waals surface area contributed by atoms with Crippen LogP contribution in [0.1, 0.15) is 29.7 Å². The molecule has 2 aromatic carbocycles. The second-order valence-corrected chi connectivity index (χ2v) is 5.02. The maximum Gasteiger partial charge on any atom is 0.0326 e. The van der Waals surface area contributed by atoms with Crippen LogP contribution >= 0.6 is 0 Å². The van der Waals surface area contributed by atoms with Crippen LogP contribution in [0.2, 0.25) is 0 Å². The molecule has 1 heterocycles. The van der Waals surface area contributed by atoms with Crippen molar-refractivity contribution in [3.63, 3.8) is 0 Å². The van der Waals surface area contributed by atoms with Crippen molar-refractivity contribution in [2.45, 2.75) is 26.1 Å². The van der Waals surface area contributed by atoms with Crippen LogP contribution in [0, 0.1) is 0 Å². The lowest BCUT2D eigenvalue weighted by Gasteiger charge is -2.24. The zero-order chi connectivity index (χ0) is 12.5. The van der Waals surface area contributed by atoms with Crippen molar-refractivity contribution in [3.8, 4) is 0 Å². The fourth-order valence-corrected chi connectivity index (χ4v) is 2.66. The highest BCUT2D eigenvalue weighted by molar-refractivity contribution is 5.46. The van der Waals surface area contributed by atoms with E-state index in [0.29, 0.717) is 6.04 Å². The molecule has 3 rings (SSSR count). The van der Waals surface area contributed by atoms with Gasteiger partial charge in [-0.05, 0) is 35.7 Å². The summed E-state index contributed by atoms with van der Waals surface area (Å²) in [6.45, 7) is 4.28. The zero-order valence-corrected chi connectivity index (χ0v) is 10.6. The first kappa shape index (κ1) is 11.3. The lowest BCUT2D eigenvalue weighted by molar-refractivity contribution is 0.215. The summed E-state index contributed by atoms with van der Waals surface area (Å²) in [5.41, 5.74) is 10.9. The Morgan fingerprint density at radius 3 is 2.50 bits per heavy atom. The minimum atomic E-state index is 0.444. The van der Waals surface area contributed by atoms with Crippen LogP contribution in [0.25, 0.3) is 0 Å². The van der Waals surface area contributed by atoms with Gasteiger partial charge in [0.2, 0.25) is 0 Å². The second kappa shape index (κ2) is 4.46. The Morgan fingerprint density at radius 1 is 1.00 bits per heavy atom. The van der Waals surface area contributed by atoms with Crippen LogP contribution in [0.3, 0.4) is 0 Å². The molecule has 0 bridgehead atoms. The average molecular weight is 238 g/mol. The average Bonchev–Trinajstić information content (AvgIpc) is 2.81. The molecule has 0 saturated heterocycles. The van der Waals surface area contributed by atoms with Gasteiger partial charge >= 0.3 is 0 Å². The van der Waals surface area contributed by atoms with Gasteiger partial charge in [-0.25, -0.2) is 0 Å². The molecule has 1 unspecified atom stereocenters. The predicted octanol–water partition coefficient (Wildman–Crippen LogP) is 3.35. The number of nitrogen functional groups attached to an aromatic ring is 1. The number of nitrogens with two attached hydrogens (primary N) is 1. The van der Waals surface area contributed by atoms with Gasteiger partial charge in [-0.2, -0.15) is 0 Å². The molecule has 2 heteroatoms. The van der Waals surface area contributed by atoms with E-state index in [1.165, 1.54) is 16.7 Å². The zero-order valence-electron chi connectivity index (χ0n) is 10.6. The number of hydrogen-bond acceptors (Lipinski definition) is 2. The summed E-state index contributed by atoms with van der Waals surface area (Å²) in [6.07, 6.45) is 0. The topological polar surface area (TPSA) is 29.3 Å². The van der Waals surface area contributed by atoms with Gasteiger partial charge in [0.15, 0.2) is 0 Å². The summed E-state index contributed by atoms with van der Waals surface area (Å²) < 4.78 is 0. The number of rotatable bonds is 2. The Morgan fingerprint density at radius 2 is 1.72 bits per heavy atom. The minimum Gasteiger partial charge on any atom is -0.399 e. The Balaban J connectivity index is 1.82. The SMILES string of the molecule is CC(c1ccccc1)N1Cc2ccc(N)cc2C1. The maximum absolute atomic E-state index is 5.84. The van der Waals surface area contributed by atoms with E-state index >= 15 is 0 Å². The fraction of sp³-hybridized carbons (Fsp3) is 0.250. The molecule has 1 aliphatic rings. The fourth-order valence-electron chi connectivity index (χ4n) is 2.66. The molecule has 2 nitrogen and oxygen atoms in total. The van der Waals surface area contributed by atoms with Crippen LogP contribution in [-0.2, 0) is 13.1 Å². The van der Waals surface area contributed by atoms with Crippen molar-refractivity contribution in [1.29, 1.82) is 0 Å². The molecule has 0 aliphatic carbocycles. The molecule has 0 radical (unpaired) electrons. The van der Waals surface area contributed by atoms with E-state index in [1.54, 1.807) is 0 Å². The highest BCUT2D eigenvalue weighted by Crippen LogP contribution is 2.31. The van der Waals surface area contributed by atoms with Gasteiger partial charge in [-0.15, -0.1) is 0 Å². The van der Waals surface area contributed by atoms with Crippen molar-refractivity contribution in [1.82, 2.24) is 4.90 Å². The minimum absolute atomic E-state index is 0.444. The Hall–Kier alpha value is -1.80. The molecule has 2 N–H and O–H groups in total. The van der Waals surface area contributed by atoms with Gasteiger partial charge in [0.05, 0.1) is 0 Å². The van der Waals surface area contributed by atoms with Crippen molar-refractivity contribution in [2.24, 2.45) is 0 Å². The van der Waals surface area contributed by atoms with Crippen LogP contribution in [0.4, 0.5) is 5.69 Å². The van der Waals surface area contributed by atoms with Gasteiger partial charge in [0.25, 0.3) is 0 Å². The largest absolute Gasteiger partial charge is 0.399 e. The summed E-state index contributed by atoms with van der Waals surface area (Å²) >= 11 is 0. The van der Waals surface area contributed by atoms with Gasteiger partial charge in [0, 0.05) is 24.8 Å². The van der Waals surface area contributed by atoms with Crippen LogP contribution < -0.4 is 5.73 Å². The van der Waals surface area contributed by atoms with E-state index < -0.39 is 0 Å². The quantitative estimate of drug-likeness (QED) is 0.813. The molecule has 18 heavy (non-hydrogen) atoms. The van der Waals surface area contributed by atoms with E-state index in [-0.39, 0.29) is 0 Å². The Labute approximate surface area is 108 Å². The molecule has 1 aliphatic heterocycles. The third-order valence-electron chi connectivity index (χ3n) is 3.81. The van der Waals surface area contributed by atoms with E-state index in [4.69, 9.17) is 5.73 Å². The number of nitrogens with zero attached hydrogens (tertiary/aromatic N) is 1. The maximum atomic E-state index is 5.84. The molecule has 0 spiro atoms. The third kappa shape index (κ3) is 2.00. The predicted molar refractivity (Wildman–Crippen MR) is 75.0 cm³/mol. The lowest BCUT2D eigenvalue weighted by Crippen LogP contribution is -2.20. The van der Waals surface area contributed by atoms with Crippen LogP contribution in [-0.4, -0.2) is 4.90 Å². The van der Waals surface area contributed by atoms with E-state index in [0.717, 1.165) is 18.8 Å². The van der Waals surface area contributed by atoms with Crippen LogP contribution in [0.15, 0.2) is 48.5 Å². The molecule has 92 valence electrons. The summed E-state index contributed by atoms with van der Waals surface area (Å²) in [5, 5.41) is 0. The van der Waals surface area contributed by atoms with Crippen molar-refractivity contribution in [3.05, 3.63) is 65.2 Å². The summed E-state index contributed by atoms with van der Waals surface area (Å²) in [5.74, 6) is 0. The molecule has 1 atom stereocenters. The molecular formula is C16H18N2. The Bertz CT molecular complexity index is 548. The van der Waals surface area contributed by atoms with Crippen LogP contribution in [0.5, 0.6) is 0 Å². The van der Waals surface area contributed by atoms with Gasteiger partial charge in [0.1, 0.15) is 0 Å². The lowest BCUT2D eigenvalue weighted by atomic mass is 10.1. The summed E-state index contributed by atoms with van der Waals surface area (Å²) in [6, 6.07) is 17.4. The first-order valence-corrected chi connectivity index (χ1v) is 6.40. The van der Waals surface area contributed by atoms with Gasteiger partial charge in [-0.3, -0.25) is 4.90 Å². The second-order valence-electron chi connectivity index (χ2n) is 5.02. The Kier molecular flexibility index (Phi) is 2.80. The summed E-state index contributed by atoms with van der Waals surface area (Å²) in [7, 11) is 0. The number of anilines is 1. The molecule has 2 aromatic rings. The molecule has 0 fully saturated rings. The molecule has 0 amide bonds. The molecular weight excluding hydrogens is 220 g/mol. The van der Waals surface area contributed by atoms with Crippen molar-refractivity contribution < 1.29 is 0 Å². The summed E-state index contributed by atoms with van der Waals surface area (Å²) in [4.78, 5) is 2.49. The molecule has 0 aromatic heterocycles. The first-order valence-electron chi connectivity index (χ1n) is 6.40. The van der Waals surface area contributed by atoms with Gasteiger partial charge < -0.3 is 5.73 Å². The molecule has 0 saturated carbocycles. The monoisotopic (exact) mass is 238 g/mol. The van der Waals surface area contributed by atoms with E-state index in [1.807, 2.05) is 6.07 Å². The van der Waals surface area contributed by atoms with Crippen molar-refractivity contribution in [2.75, 3.05) is 5.73 Å². The van der Waals surface area contributed by atoms with E-state index in [2.05, 4.69) is 54.3 Å². The number of fused-ring (bicyclic) bond motifs is 1. The smallest absolute Gasteiger partial charge is 0.0326 e. The van der Waals surface area contributed by atoms with Gasteiger partial charge in [-0.1, -0.05) is 36.4 Å². The number of benzene rings is 2. The van der Waals surface area contributed by atoms with Crippen molar-refractivity contribution >= 4 is 5.69 Å².